The first-order valence-electron chi connectivity index (χ1n) is 6.80. The number of aliphatic imine (C=N–C) groups is 1. The van der Waals surface area contributed by atoms with Gasteiger partial charge < -0.3 is 4.74 Å². The van der Waals surface area contributed by atoms with Gasteiger partial charge in [-0.3, -0.25) is 0 Å². The fourth-order valence-corrected chi connectivity index (χ4v) is 2.70. The Hall–Kier alpha value is -2.20. The lowest BCUT2D eigenvalue weighted by Crippen LogP contribution is -2.05. The van der Waals surface area contributed by atoms with E-state index in [0.29, 0.717) is 17.5 Å². The van der Waals surface area contributed by atoms with E-state index in [1.54, 1.807) is 17.4 Å². The maximum atomic E-state index is 11.9. The van der Waals surface area contributed by atoms with Crippen LogP contribution in [0.1, 0.15) is 35.8 Å². The van der Waals surface area contributed by atoms with Gasteiger partial charge in [-0.05, 0) is 41.1 Å². The minimum absolute atomic E-state index is 0.348. The van der Waals surface area contributed by atoms with Gasteiger partial charge in [0.1, 0.15) is 0 Å². The van der Waals surface area contributed by atoms with Crippen LogP contribution >= 0.6 is 11.3 Å². The van der Waals surface area contributed by atoms with Crippen LogP contribution in [0, 0.1) is 0 Å². The minimum atomic E-state index is -0.397. The van der Waals surface area contributed by atoms with Crippen molar-refractivity contribution >= 4 is 29.3 Å². The van der Waals surface area contributed by atoms with Crippen molar-refractivity contribution in [3.8, 4) is 0 Å². The number of nitrogens with zero attached hydrogens (tertiary/aromatic N) is 1. The van der Waals surface area contributed by atoms with Crippen molar-refractivity contribution in [2.75, 3.05) is 0 Å². The molecule has 1 aromatic heterocycles. The van der Waals surface area contributed by atoms with Crippen LogP contribution in [0.25, 0.3) is 6.08 Å². The molecule has 2 heterocycles. The number of rotatable bonds is 3. The van der Waals surface area contributed by atoms with E-state index in [4.69, 9.17) is 4.74 Å². The number of cyclic esters (lactones) is 1. The molecule has 0 radical (unpaired) electrons. The van der Waals surface area contributed by atoms with Crippen molar-refractivity contribution in [2.45, 2.75) is 19.8 Å². The van der Waals surface area contributed by atoms with Gasteiger partial charge >= 0.3 is 5.97 Å². The van der Waals surface area contributed by atoms with Crippen molar-refractivity contribution in [3.05, 3.63) is 63.5 Å². The average Bonchev–Trinajstić information content (AvgIpc) is 3.10. The number of carbonyl (C=O) groups is 1. The Kier molecular flexibility index (Phi) is 3.71. The highest BCUT2D eigenvalue weighted by molar-refractivity contribution is 7.10. The predicted molar refractivity (Wildman–Crippen MR) is 85.5 cm³/mol. The number of thiophene rings is 1. The molecule has 0 atom stereocenters. The third-order valence-corrected chi connectivity index (χ3v) is 4.09. The highest BCUT2D eigenvalue weighted by atomic mass is 32.1. The molecule has 3 nitrogen and oxygen atoms in total. The molecule has 0 fully saturated rings. The van der Waals surface area contributed by atoms with E-state index in [-0.39, 0.29) is 0 Å². The maximum Gasteiger partial charge on any atom is 0.363 e. The van der Waals surface area contributed by atoms with E-state index < -0.39 is 5.97 Å². The summed E-state index contributed by atoms with van der Waals surface area (Å²) in [6.07, 6.45) is 1.75. The lowest BCUT2D eigenvalue weighted by atomic mass is 10.0. The second kappa shape index (κ2) is 5.66. The van der Waals surface area contributed by atoms with Gasteiger partial charge in [-0.1, -0.05) is 32.0 Å². The zero-order chi connectivity index (χ0) is 14.8. The van der Waals surface area contributed by atoms with E-state index in [1.807, 2.05) is 41.8 Å². The van der Waals surface area contributed by atoms with Gasteiger partial charge in [0.15, 0.2) is 5.70 Å². The largest absolute Gasteiger partial charge is 0.402 e. The van der Waals surface area contributed by atoms with Gasteiger partial charge in [0.05, 0.1) is 0 Å². The van der Waals surface area contributed by atoms with E-state index >= 15 is 0 Å². The van der Waals surface area contributed by atoms with Crippen LogP contribution in [-0.4, -0.2) is 11.9 Å². The molecule has 0 saturated carbocycles. The second-order valence-corrected chi connectivity index (χ2v) is 6.11. The molecule has 0 unspecified atom stereocenters. The standard InChI is InChI=1S/C17H15NO2S/c1-11(2)12-5-7-13(8-6-12)16-18-15(17(19)20-16)10-14-4-3-9-21-14/h3-11H,1-2H3. The first-order valence-corrected chi connectivity index (χ1v) is 7.68. The Bertz CT molecular complexity index is 710. The lowest BCUT2D eigenvalue weighted by molar-refractivity contribution is -0.129. The molecule has 4 heteroatoms. The van der Waals surface area contributed by atoms with Crippen LogP contribution in [0.4, 0.5) is 0 Å². The van der Waals surface area contributed by atoms with Crippen LogP contribution in [0.3, 0.4) is 0 Å². The number of ether oxygens (including phenoxy) is 1. The third-order valence-electron chi connectivity index (χ3n) is 3.27. The average molecular weight is 297 g/mol. The summed E-state index contributed by atoms with van der Waals surface area (Å²) >= 11 is 1.56. The molecule has 106 valence electrons. The van der Waals surface area contributed by atoms with Gasteiger partial charge in [0.25, 0.3) is 0 Å². The fourth-order valence-electron chi connectivity index (χ4n) is 2.05. The molecule has 3 rings (SSSR count). The van der Waals surface area contributed by atoms with Gasteiger partial charge in [-0.15, -0.1) is 11.3 Å². The van der Waals surface area contributed by atoms with Crippen molar-refractivity contribution in [3.63, 3.8) is 0 Å². The van der Waals surface area contributed by atoms with Crippen LogP contribution in [0.15, 0.2) is 52.5 Å². The molecule has 0 saturated heterocycles. The molecular weight excluding hydrogens is 282 g/mol. The zero-order valence-corrected chi connectivity index (χ0v) is 12.7. The quantitative estimate of drug-likeness (QED) is 0.628. The molecule has 0 bridgehead atoms. The van der Waals surface area contributed by atoms with E-state index in [1.165, 1.54) is 5.56 Å². The molecular formula is C17H15NO2S. The summed E-state index contributed by atoms with van der Waals surface area (Å²) in [5.74, 6) is 0.450. The van der Waals surface area contributed by atoms with Crippen molar-refractivity contribution in [2.24, 2.45) is 4.99 Å². The molecule has 0 N–H and O–H groups in total. The number of esters is 1. The van der Waals surface area contributed by atoms with Crippen molar-refractivity contribution in [1.29, 1.82) is 0 Å². The topological polar surface area (TPSA) is 38.7 Å². The first kappa shape index (κ1) is 13.8. The Morgan fingerprint density at radius 2 is 1.95 bits per heavy atom. The van der Waals surface area contributed by atoms with Gasteiger partial charge in [-0.2, -0.15) is 0 Å². The summed E-state index contributed by atoms with van der Waals surface area (Å²) in [4.78, 5) is 17.1. The van der Waals surface area contributed by atoms with Gasteiger partial charge in [-0.25, -0.2) is 9.79 Å². The Morgan fingerprint density at radius 3 is 2.57 bits per heavy atom. The second-order valence-electron chi connectivity index (χ2n) is 5.13. The van der Waals surface area contributed by atoms with Crippen molar-refractivity contribution in [1.82, 2.24) is 0 Å². The van der Waals surface area contributed by atoms with Crippen LogP contribution in [0.5, 0.6) is 0 Å². The number of benzene rings is 1. The molecule has 1 aliphatic heterocycles. The van der Waals surface area contributed by atoms with E-state index in [2.05, 4.69) is 18.8 Å². The fraction of sp³-hybridized carbons (Fsp3) is 0.176. The summed E-state index contributed by atoms with van der Waals surface area (Å²) in [6, 6.07) is 11.8. The van der Waals surface area contributed by atoms with Gasteiger partial charge in [0.2, 0.25) is 5.90 Å². The lowest BCUT2D eigenvalue weighted by Gasteiger charge is -2.05. The van der Waals surface area contributed by atoms with Crippen LogP contribution < -0.4 is 0 Å². The zero-order valence-electron chi connectivity index (χ0n) is 11.9. The molecule has 2 aromatic rings. The van der Waals surface area contributed by atoms with Crippen LogP contribution in [0.2, 0.25) is 0 Å². The maximum absolute atomic E-state index is 11.9. The SMILES string of the molecule is CC(C)c1ccc(C2=NC(=Cc3cccs3)C(=O)O2)cc1. The Morgan fingerprint density at radius 1 is 1.19 bits per heavy atom. The Balaban J connectivity index is 1.88. The highest BCUT2D eigenvalue weighted by Crippen LogP contribution is 2.22. The monoisotopic (exact) mass is 297 g/mol. The first-order chi connectivity index (χ1) is 10.1. The normalized spacial score (nSPS) is 16.4. The summed E-state index contributed by atoms with van der Waals surface area (Å²) in [7, 11) is 0. The van der Waals surface area contributed by atoms with Crippen LogP contribution in [-0.2, 0) is 9.53 Å². The summed E-state index contributed by atoms with van der Waals surface area (Å²) < 4.78 is 5.26. The minimum Gasteiger partial charge on any atom is -0.402 e. The highest BCUT2D eigenvalue weighted by Gasteiger charge is 2.24. The summed E-state index contributed by atoms with van der Waals surface area (Å²) in [6.45, 7) is 4.29. The molecule has 1 aromatic carbocycles. The Labute approximate surface area is 127 Å². The summed E-state index contributed by atoms with van der Waals surface area (Å²) in [5, 5.41) is 1.96. The molecule has 1 aliphatic rings. The molecule has 0 spiro atoms. The molecule has 0 amide bonds. The smallest absolute Gasteiger partial charge is 0.363 e. The van der Waals surface area contributed by atoms with Crippen molar-refractivity contribution < 1.29 is 9.53 Å². The third kappa shape index (κ3) is 2.95. The molecule has 0 aliphatic carbocycles. The number of carbonyl (C=O) groups excluding carboxylic acids is 1. The molecule has 21 heavy (non-hydrogen) atoms. The number of hydrogen-bond donors (Lipinski definition) is 0. The number of hydrogen-bond acceptors (Lipinski definition) is 4. The van der Waals surface area contributed by atoms with E-state index in [0.717, 1.165) is 10.4 Å². The van der Waals surface area contributed by atoms with E-state index in [9.17, 15) is 4.79 Å². The summed E-state index contributed by atoms with van der Waals surface area (Å²) in [5.41, 5.74) is 2.42. The predicted octanol–water partition coefficient (Wildman–Crippen LogP) is 4.22. The van der Waals surface area contributed by atoms with Gasteiger partial charge in [0, 0.05) is 10.4 Å².